The lowest BCUT2D eigenvalue weighted by molar-refractivity contribution is -0.238. The number of benzene rings is 2. The van der Waals surface area contributed by atoms with Crippen molar-refractivity contribution in [3.8, 4) is 11.5 Å². The minimum atomic E-state index is -1.50. The van der Waals surface area contributed by atoms with Gasteiger partial charge in [0.2, 0.25) is 0 Å². The lowest BCUT2D eigenvalue weighted by atomic mass is 9.71. The molecule has 0 radical (unpaired) electrons. The summed E-state index contributed by atoms with van der Waals surface area (Å²) in [6, 6.07) is 6.10. The zero-order chi connectivity index (χ0) is 25.2. The van der Waals surface area contributed by atoms with E-state index in [4.69, 9.17) is 15.2 Å². The minimum Gasteiger partial charge on any atom is -0.507 e. The van der Waals surface area contributed by atoms with Gasteiger partial charge in [0.25, 0.3) is 0 Å². The Bertz CT molecular complexity index is 1270. The first kappa shape index (κ1) is 23.6. The molecule has 0 unspecified atom stereocenters. The van der Waals surface area contributed by atoms with Crippen LogP contribution in [0.25, 0.3) is 0 Å². The quantitative estimate of drug-likeness (QED) is 0.332. The van der Waals surface area contributed by atoms with Crippen LogP contribution in [-0.2, 0) is 20.7 Å². The van der Waals surface area contributed by atoms with E-state index in [1.54, 1.807) is 12.1 Å². The van der Waals surface area contributed by atoms with Crippen molar-refractivity contribution in [2.24, 2.45) is 5.73 Å². The first-order valence-electron chi connectivity index (χ1n) is 11.3. The van der Waals surface area contributed by atoms with Gasteiger partial charge in [-0.1, -0.05) is 24.3 Å². The number of aliphatic hydroxyl groups is 2. The molecule has 0 saturated carbocycles. The molecule has 0 aromatic heterocycles. The van der Waals surface area contributed by atoms with Crippen molar-refractivity contribution >= 4 is 17.3 Å². The number of aliphatic hydroxyl groups excluding tert-OH is 2. The highest BCUT2D eigenvalue weighted by Gasteiger charge is 2.48. The van der Waals surface area contributed by atoms with Gasteiger partial charge in [-0.2, -0.15) is 0 Å². The summed E-state index contributed by atoms with van der Waals surface area (Å²) in [5.74, 6) is -2.74. The molecular formula is C25H25NO9. The van der Waals surface area contributed by atoms with E-state index in [1.807, 2.05) is 0 Å². The third-order valence-electron chi connectivity index (χ3n) is 7.17. The van der Waals surface area contributed by atoms with Crippen molar-refractivity contribution in [1.29, 1.82) is 0 Å². The number of phenolic OH excluding ortho intramolecular Hbond substituents is 2. The molecule has 3 aliphatic rings. The first-order chi connectivity index (χ1) is 16.5. The maximum Gasteiger partial charge on any atom is 0.198 e. The Kier molecular flexibility index (Phi) is 5.53. The average Bonchev–Trinajstić information content (AvgIpc) is 2.82. The number of hydrogen-bond acceptors (Lipinski definition) is 10. The van der Waals surface area contributed by atoms with Crippen molar-refractivity contribution in [1.82, 2.24) is 0 Å². The predicted molar refractivity (Wildman–Crippen MR) is 119 cm³/mol. The van der Waals surface area contributed by atoms with Gasteiger partial charge in [-0.05, 0) is 6.92 Å². The number of carbonyl (C=O) groups excluding carboxylic acids is 3. The van der Waals surface area contributed by atoms with Gasteiger partial charge < -0.3 is 35.6 Å². The number of ether oxygens (including phenoxy) is 2. The van der Waals surface area contributed by atoms with E-state index in [9.17, 15) is 34.8 Å². The number of nitrogens with two attached hydrogens (primary N) is 1. The highest BCUT2D eigenvalue weighted by molar-refractivity contribution is 6.30. The monoisotopic (exact) mass is 483 g/mol. The third kappa shape index (κ3) is 3.57. The molecule has 1 aliphatic heterocycles. The van der Waals surface area contributed by atoms with E-state index >= 15 is 0 Å². The number of phenols is 2. The SMILES string of the molecule is CC(=O)[C@@]1(N)Cc2c(O)c3c(c(O)c2[C@@H](O[C@@H]2C[C@H](O)[C@H](O)CO2)C1)C(=O)c1ccccc1C3=O. The van der Waals surface area contributed by atoms with Gasteiger partial charge in [0, 0.05) is 41.5 Å². The lowest BCUT2D eigenvalue weighted by Gasteiger charge is -2.41. The van der Waals surface area contributed by atoms with E-state index in [0.717, 1.165) is 0 Å². The van der Waals surface area contributed by atoms with Crippen LogP contribution in [0.3, 0.4) is 0 Å². The number of ketones is 3. The van der Waals surface area contributed by atoms with E-state index in [0.29, 0.717) is 0 Å². The molecule has 2 aliphatic carbocycles. The van der Waals surface area contributed by atoms with Gasteiger partial charge in [0.15, 0.2) is 17.9 Å². The smallest absolute Gasteiger partial charge is 0.198 e. The molecule has 2 aromatic rings. The summed E-state index contributed by atoms with van der Waals surface area (Å²) in [5.41, 5.74) is 4.47. The van der Waals surface area contributed by atoms with Gasteiger partial charge in [0.1, 0.15) is 23.4 Å². The third-order valence-corrected chi connectivity index (χ3v) is 7.17. The minimum absolute atomic E-state index is 0.0344. The van der Waals surface area contributed by atoms with Crippen LogP contribution in [0, 0.1) is 0 Å². The van der Waals surface area contributed by atoms with E-state index in [-0.39, 0.29) is 59.3 Å². The van der Waals surface area contributed by atoms with Crippen LogP contribution in [0.4, 0.5) is 0 Å². The molecule has 10 heteroatoms. The number of rotatable bonds is 3. The topological polar surface area (TPSA) is 177 Å². The Morgan fingerprint density at radius 3 is 2.23 bits per heavy atom. The molecule has 5 atom stereocenters. The highest BCUT2D eigenvalue weighted by atomic mass is 16.7. The van der Waals surface area contributed by atoms with Crippen LogP contribution in [0.5, 0.6) is 11.5 Å². The van der Waals surface area contributed by atoms with Crippen LogP contribution in [0.15, 0.2) is 24.3 Å². The number of hydrogen-bond donors (Lipinski definition) is 5. The van der Waals surface area contributed by atoms with Crippen molar-refractivity contribution < 1.29 is 44.3 Å². The molecule has 0 spiro atoms. The summed E-state index contributed by atoms with van der Waals surface area (Å²) in [7, 11) is 0. The molecule has 10 nitrogen and oxygen atoms in total. The molecule has 35 heavy (non-hydrogen) atoms. The molecular weight excluding hydrogens is 458 g/mol. The molecule has 6 N–H and O–H groups in total. The average molecular weight is 483 g/mol. The van der Waals surface area contributed by atoms with Gasteiger partial charge in [-0.15, -0.1) is 0 Å². The summed E-state index contributed by atoms with van der Waals surface area (Å²) >= 11 is 0. The lowest BCUT2D eigenvalue weighted by Crippen LogP contribution is -2.53. The standard InChI is InChI=1S/C25H25NO9/c1-10(27)25(26)7-13-18(16(8-25)35-17-6-14(28)15(29)9-34-17)24(33)20-19(23(13)32)21(30)11-4-2-3-5-12(11)22(20)31/h2-5,14-17,28-29,32-33H,6-9,26H2,1H3/t14-,15+,16-,17+,25+/m0/s1. The fourth-order valence-electron chi connectivity index (χ4n) is 5.13. The van der Waals surface area contributed by atoms with Gasteiger partial charge >= 0.3 is 0 Å². The Balaban J connectivity index is 1.67. The molecule has 0 bridgehead atoms. The maximum atomic E-state index is 13.3. The summed E-state index contributed by atoms with van der Waals surface area (Å²) in [4.78, 5) is 39.0. The largest absolute Gasteiger partial charge is 0.507 e. The Morgan fingerprint density at radius 1 is 1.06 bits per heavy atom. The van der Waals surface area contributed by atoms with Gasteiger partial charge in [-0.25, -0.2) is 0 Å². The van der Waals surface area contributed by atoms with Crippen LogP contribution < -0.4 is 5.73 Å². The normalized spacial score (nSPS) is 29.8. The van der Waals surface area contributed by atoms with Crippen LogP contribution in [0.2, 0.25) is 0 Å². The molecule has 1 saturated heterocycles. The Morgan fingerprint density at radius 2 is 1.66 bits per heavy atom. The van der Waals surface area contributed by atoms with E-state index in [2.05, 4.69) is 0 Å². The van der Waals surface area contributed by atoms with Crippen molar-refractivity contribution in [3.63, 3.8) is 0 Å². The second-order valence-electron chi connectivity index (χ2n) is 9.39. The predicted octanol–water partition coefficient (Wildman–Crippen LogP) is 0.632. The summed E-state index contributed by atoms with van der Waals surface area (Å²) < 4.78 is 11.4. The number of carbonyl (C=O) groups is 3. The molecule has 2 aromatic carbocycles. The first-order valence-corrected chi connectivity index (χ1v) is 11.3. The van der Waals surface area contributed by atoms with Crippen molar-refractivity contribution in [2.45, 2.75) is 56.3 Å². The molecule has 0 amide bonds. The molecule has 1 fully saturated rings. The van der Waals surface area contributed by atoms with Gasteiger partial charge in [0.05, 0.1) is 35.5 Å². The summed E-state index contributed by atoms with van der Waals surface area (Å²) in [6.07, 6.45) is -4.74. The second-order valence-corrected chi connectivity index (χ2v) is 9.39. The van der Waals surface area contributed by atoms with Crippen LogP contribution in [0.1, 0.15) is 68.8 Å². The van der Waals surface area contributed by atoms with Gasteiger partial charge in [-0.3, -0.25) is 14.4 Å². The highest BCUT2D eigenvalue weighted by Crippen LogP contribution is 2.51. The zero-order valence-corrected chi connectivity index (χ0v) is 18.9. The van der Waals surface area contributed by atoms with Crippen molar-refractivity contribution in [3.05, 3.63) is 57.6 Å². The van der Waals surface area contributed by atoms with E-state index in [1.165, 1.54) is 19.1 Å². The van der Waals surface area contributed by atoms with Crippen molar-refractivity contribution in [2.75, 3.05) is 6.61 Å². The Hall–Kier alpha value is -3.15. The molecule has 184 valence electrons. The van der Waals surface area contributed by atoms with E-state index < -0.39 is 59.0 Å². The maximum absolute atomic E-state index is 13.3. The molecule has 1 heterocycles. The summed E-state index contributed by atoms with van der Waals surface area (Å²) in [6.45, 7) is 1.09. The fraction of sp³-hybridized carbons (Fsp3) is 0.400. The number of aromatic hydroxyl groups is 2. The number of Topliss-reactive ketones (excluding diaryl/α,β-unsaturated/α-hetero) is 1. The molecule has 5 rings (SSSR count). The fourth-order valence-corrected chi connectivity index (χ4v) is 5.13. The number of fused-ring (bicyclic) bond motifs is 3. The zero-order valence-electron chi connectivity index (χ0n) is 18.9. The Labute approximate surface area is 199 Å². The van der Waals surface area contributed by atoms with Crippen LogP contribution >= 0.6 is 0 Å². The van der Waals surface area contributed by atoms with Crippen LogP contribution in [-0.4, -0.2) is 68.4 Å². The summed E-state index contributed by atoms with van der Waals surface area (Å²) in [5, 5.41) is 42.3. The second kappa shape index (κ2) is 8.21.